The molecule has 0 radical (unpaired) electrons. The van der Waals surface area contributed by atoms with E-state index in [1.807, 2.05) is 24.3 Å². The van der Waals surface area contributed by atoms with E-state index >= 15 is 0 Å². The molecule has 0 bridgehead atoms. The smallest absolute Gasteiger partial charge is 0.323 e. The van der Waals surface area contributed by atoms with Gasteiger partial charge in [-0.25, -0.2) is 4.79 Å². The molecule has 2 aliphatic rings. The molecule has 1 amide bonds. The molecule has 144 valence electrons. The van der Waals surface area contributed by atoms with E-state index in [9.17, 15) is 9.59 Å². The van der Waals surface area contributed by atoms with Crippen molar-refractivity contribution in [2.24, 2.45) is 5.92 Å². The van der Waals surface area contributed by atoms with Crippen molar-refractivity contribution >= 4 is 16.9 Å². The number of amides is 1. The first kappa shape index (κ1) is 17.3. The van der Waals surface area contributed by atoms with Gasteiger partial charge in [0.2, 0.25) is 5.91 Å². The number of carbonyl (C=O) groups is 1. The molecule has 0 spiro atoms. The number of imidazole rings is 1. The number of nitrogens with zero attached hydrogens (tertiary/aromatic N) is 1. The molecule has 0 aliphatic carbocycles. The molecule has 28 heavy (non-hydrogen) atoms. The van der Waals surface area contributed by atoms with Crippen LogP contribution < -0.4 is 11.0 Å². The van der Waals surface area contributed by atoms with Gasteiger partial charge < -0.3 is 15.3 Å². The second-order valence-electron chi connectivity index (χ2n) is 7.89. The molecular weight excluding hydrogens is 352 g/mol. The highest BCUT2D eigenvalue weighted by Crippen LogP contribution is 2.44. The zero-order valence-corrected chi connectivity index (χ0v) is 15.7. The molecule has 2 saturated heterocycles. The van der Waals surface area contributed by atoms with E-state index in [1.54, 1.807) is 0 Å². The van der Waals surface area contributed by atoms with E-state index in [4.69, 9.17) is 0 Å². The number of benzene rings is 2. The van der Waals surface area contributed by atoms with Crippen LogP contribution in [0.3, 0.4) is 0 Å². The number of nitrogens with one attached hydrogen (secondary N) is 3. The van der Waals surface area contributed by atoms with Gasteiger partial charge in [0, 0.05) is 18.6 Å². The zero-order chi connectivity index (χ0) is 19.1. The SMILES string of the molecule is O=C(NCc1ccc2[nH]c(=O)[nH]c2c1)C1CC(c2ccccc2)N2CCC[C@@H]12. The van der Waals surface area contributed by atoms with E-state index < -0.39 is 0 Å². The largest absolute Gasteiger partial charge is 0.352 e. The van der Waals surface area contributed by atoms with Gasteiger partial charge in [0.25, 0.3) is 0 Å². The zero-order valence-electron chi connectivity index (χ0n) is 15.7. The maximum atomic E-state index is 13.0. The fourth-order valence-electron chi connectivity index (χ4n) is 4.96. The van der Waals surface area contributed by atoms with Crippen molar-refractivity contribution in [1.82, 2.24) is 20.2 Å². The molecule has 3 N–H and O–H groups in total. The van der Waals surface area contributed by atoms with Crippen LogP contribution in [0.25, 0.3) is 11.0 Å². The van der Waals surface area contributed by atoms with Crippen molar-refractivity contribution in [3.8, 4) is 0 Å². The minimum absolute atomic E-state index is 0.0310. The van der Waals surface area contributed by atoms with Crippen LogP contribution >= 0.6 is 0 Å². The van der Waals surface area contributed by atoms with E-state index in [2.05, 4.69) is 44.5 Å². The Kier molecular flexibility index (Phi) is 4.28. The summed E-state index contributed by atoms with van der Waals surface area (Å²) in [5, 5.41) is 3.13. The summed E-state index contributed by atoms with van der Waals surface area (Å²) in [6.07, 6.45) is 3.14. The van der Waals surface area contributed by atoms with Crippen LogP contribution in [-0.2, 0) is 11.3 Å². The van der Waals surface area contributed by atoms with Crippen molar-refractivity contribution in [1.29, 1.82) is 0 Å². The van der Waals surface area contributed by atoms with Crippen LogP contribution in [0, 0.1) is 5.92 Å². The minimum atomic E-state index is -0.213. The highest BCUT2D eigenvalue weighted by Gasteiger charge is 2.46. The molecule has 1 aromatic heterocycles. The van der Waals surface area contributed by atoms with E-state index in [0.717, 1.165) is 42.4 Å². The summed E-state index contributed by atoms with van der Waals surface area (Å²) in [5.74, 6) is 0.168. The maximum Gasteiger partial charge on any atom is 0.323 e. The molecule has 6 nitrogen and oxygen atoms in total. The maximum absolute atomic E-state index is 13.0. The first-order valence-electron chi connectivity index (χ1n) is 9.98. The third kappa shape index (κ3) is 3.03. The van der Waals surface area contributed by atoms with Gasteiger partial charge in [-0.3, -0.25) is 9.69 Å². The van der Waals surface area contributed by atoms with Gasteiger partial charge in [0.1, 0.15) is 0 Å². The van der Waals surface area contributed by atoms with E-state index in [-0.39, 0.29) is 17.5 Å². The first-order valence-corrected chi connectivity index (χ1v) is 9.98. The van der Waals surface area contributed by atoms with Crippen LogP contribution in [0.2, 0.25) is 0 Å². The van der Waals surface area contributed by atoms with E-state index in [0.29, 0.717) is 18.6 Å². The van der Waals surface area contributed by atoms with Crippen molar-refractivity contribution in [2.45, 2.75) is 37.9 Å². The number of H-pyrrole nitrogens is 2. The average molecular weight is 376 g/mol. The fraction of sp³-hybridized carbons (Fsp3) is 0.364. The van der Waals surface area contributed by atoms with Crippen molar-refractivity contribution in [3.05, 3.63) is 70.1 Å². The van der Waals surface area contributed by atoms with Crippen LogP contribution in [-0.4, -0.2) is 33.4 Å². The van der Waals surface area contributed by atoms with Gasteiger partial charge in [-0.1, -0.05) is 36.4 Å². The Bertz CT molecular complexity index is 1060. The topological polar surface area (TPSA) is 81.0 Å². The number of hydrogen-bond acceptors (Lipinski definition) is 3. The molecular formula is C22H24N4O2. The van der Waals surface area contributed by atoms with Gasteiger partial charge in [-0.2, -0.15) is 0 Å². The average Bonchev–Trinajstić information content (AvgIpc) is 3.40. The molecule has 2 fully saturated rings. The summed E-state index contributed by atoms with van der Waals surface area (Å²) in [7, 11) is 0. The Morgan fingerprint density at radius 3 is 2.79 bits per heavy atom. The van der Waals surface area contributed by atoms with Crippen molar-refractivity contribution < 1.29 is 4.79 Å². The summed E-state index contributed by atoms with van der Waals surface area (Å²) >= 11 is 0. The van der Waals surface area contributed by atoms with Gasteiger partial charge in [0.05, 0.1) is 17.0 Å². The summed E-state index contributed by atoms with van der Waals surface area (Å²) in [6.45, 7) is 1.55. The Balaban J connectivity index is 1.29. The Morgan fingerprint density at radius 1 is 1.11 bits per heavy atom. The standard InChI is InChI=1S/C22H24N4O2/c27-21(23-13-14-8-9-17-18(11-14)25-22(28)24-17)16-12-20(15-5-2-1-3-6-15)26-10-4-7-19(16)26/h1-3,5-6,8-9,11,16,19-20H,4,7,10,12-13H2,(H,23,27)(H2,24,25,28)/t16?,19-,20?/m0/s1. The van der Waals surface area contributed by atoms with Crippen LogP contribution in [0.5, 0.6) is 0 Å². The monoisotopic (exact) mass is 376 g/mol. The number of aromatic amines is 2. The molecule has 2 unspecified atom stereocenters. The number of hydrogen-bond donors (Lipinski definition) is 3. The Labute approximate surface area is 163 Å². The highest BCUT2D eigenvalue weighted by molar-refractivity contribution is 5.80. The quantitative estimate of drug-likeness (QED) is 0.655. The third-order valence-corrected chi connectivity index (χ3v) is 6.25. The lowest BCUT2D eigenvalue weighted by molar-refractivity contribution is -0.125. The van der Waals surface area contributed by atoms with Gasteiger partial charge in [0.15, 0.2) is 0 Å². The van der Waals surface area contributed by atoms with Crippen LogP contribution in [0.1, 0.15) is 36.4 Å². The second-order valence-corrected chi connectivity index (χ2v) is 7.89. The van der Waals surface area contributed by atoms with Gasteiger partial charge >= 0.3 is 5.69 Å². The molecule has 6 heteroatoms. The second kappa shape index (κ2) is 6.95. The molecule has 3 atom stereocenters. The lowest BCUT2D eigenvalue weighted by Crippen LogP contribution is -2.37. The highest BCUT2D eigenvalue weighted by atomic mass is 16.2. The summed E-state index contributed by atoms with van der Waals surface area (Å²) in [5.41, 5.74) is 3.63. The lowest BCUT2D eigenvalue weighted by Gasteiger charge is -2.24. The predicted octanol–water partition coefficient (Wildman–Crippen LogP) is 2.70. The third-order valence-electron chi connectivity index (χ3n) is 6.25. The van der Waals surface area contributed by atoms with E-state index in [1.165, 1.54) is 5.56 Å². The number of fused-ring (bicyclic) bond motifs is 2. The number of rotatable bonds is 4. The minimum Gasteiger partial charge on any atom is -0.352 e. The number of aromatic nitrogens is 2. The summed E-state index contributed by atoms with van der Waals surface area (Å²) in [6, 6.07) is 16.9. The number of carbonyl (C=O) groups excluding carboxylic acids is 1. The molecule has 2 aliphatic heterocycles. The van der Waals surface area contributed by atoms with Gasteiger partial charge in [-0.15, -0.1) is 0 Å². The normalized spacial score (nSPS) is 24.5. The van der Waals surface area contributed by atoms with Crippen molar-refractivity contribution in [2.75, 3.05) is 6.54 Å². The van der Waals surface area contributed by atoms with Crippen LogP contribution in [0.4, 0.5) is 0 Å². The van der Waals surface area contributed by atoms with Crippen LogP contribution in [0.15, 0.2) is 53.3 Å². The van der Waals surface area contributed by atoms with Crippen molar-refractivity contribution in [3.63, 3.8) is 0 Å². The molecule has 5 rings (SSSR count). The fourth-order valence-corrected chi connectivity index (χ4v) is 4.96. The summed E-state index contributed by atoms with van der Waals surface area (Å²) < 4.78 is 0. The first-order chi connectivity index (χ1) is 13.7. The molecule has 2 aromatic carbocycles. The predicted molar refractivity (Wildman–Crippen MR) is 108 cm³/mol. The Morgan fingerprint density at radius 2 is 1.93 bits per heavy atom. The lowest BCUT2D eigenvalue weighted by atomic mass is 9.93. The van der Waals surface area contributed by atoms with Gasteiger partial charge in [-0.05, 0) is 49.1 Å². The molecule has 3 aromatic rings. The molecule has 3 heterocycles. The summed E-state index contributed by atoms with van der Waals surface area (Å²) in [4.78, 5) is 32.4. The Hall–Kier alpha value is -2.86. The molecule has 0 saturated carbocycles.